The first-order valence-corrected chi connectivity index (χ1v) is 6.08. The Morgan fingerprint density at radius 2 is 2.10 bits per heavy atom. The molecule has 6 nitrogen and oxygen atoms in total. The first-order valence-electron chi connectivity index (χ1n) is 6.08. The second kappa shape index (κ2) is 4.65. The smallest absolute Gasteiger partial charge is 0.173 e. The van der Waals surface area contributed by atoms with Crippen molar-refractivity contribution >= 4 is 16.7 Å². The van der Waals surface area contributed by atoms with Crippen molar-refractivity contribution in [2.75, 3.05) is 0 Å². The number of hydrogen-bond acceptors (Lipinski definition) is 4. The van der Waals surface area contributed by atoms with Crippen LogP contribution in [0.5, 0.6) is 0 Å². The fourth-order valence-corrected chi connectivity index (χ4v) is 2.24. The van der Waals surface area contributed by atoms with Crippen LogP contribution in [0.1, 0.15) is 11.4 Å². The molecule has 6 heteroatoms. The van der Waals surface area contributed by atoms with E-state index in [1.165, 1.54) is 0 Å². The molecule has 20 heavy (non-hydrogen) atoms. The molecular weight excluding hydrogens is 254 g/mol. The van der Waals surface area contributed by atoms with E-state index in [4.69, 9.17) is 10.9 Å². The van der Waals surface area contributed by atoms with Gasteiger partial charge in [0.25, 0.3) is 0 Å². The van der Waals surface area contributed by atoms with Gasteiger partial charge in [-0.25, -0.2) is 4.98 Å². The number of benzene rings is 1. The van der Waals surface area contributed by atoms with Crippen LogP contribution in [-0.4, -0.2) is 25.6 Å². The molecule has 3 rings (SSSR count). The number of imidazole rings is 1. The maximum absolute atomic E-state index is 8.96. The maximum atomic E-state index is 8.96. The van der Waals surface area contributed by atoms with Gasteiger partial charge in [-0.15, -0.1) is 0 Å². The highest BCUT2D eigenvalue weighted by atomic mass is 16.4. The van der Waals surface area contributed by atoms with E-state index in [2.05, 4.69) is 15.1 Å². The number of oxime groups is 1. The van der Waals surface area contributed by atoms with Crippen molar-refractivity contribution in [3.05, 3.63) is 54.2 Å². The largest absolute Gasteiger partial charge is 0.409 e. The highest BCUT2D eigenvalue weighted by molar-refractivity contribution is 6.05. The van der Waals surface area contributed by atoms with Crippen LogP contribution in [0.2, 0.25) is 0 Å². The van der Waals surface area contributed by atoms with Crippen LogP contribution in [0.4, 0.5) is 0 Å². The summed E-state index contributed by atoms with van der Waals surface area (Å²) < 4.78 is 1.90. The summed E-state index contributed by atoms with van der Waals surface area (Å²) >= 11 is 0. The molecule has 0 aliphatic heterocycles. The van der Waals surface area contributed by atoms with Crippen LogP contribution in [-0.2, 0) is 0 Å². The van der Waals surface area contributed by atoms with Crippen molar-refractivity contribution in [3.63, 3.8) is 0 Å². The lowest BCUT2D eigenvalue weighted by atomic mass is 10.1. The molecule has 0 aliphatic carbocycles. The van der Waals surface area contributed by atoms with Gasteiger partial charge in [-0.2, -0.15) is 0 Å². The number of nitrogens with two attached hydrogens (primary N) is 1. The Morgan fingerprint density at radius 3 is 2.80 bits per heavy atom. The maximum Gasteiger partial charge on any atom is 0.173 e. The number of amidine groups is 1. The van der Waals surface area contributed by atoms with Crippen LogP contribution >= 0.6 is 0 Å². The number of aromatic nitrogens is 3. The van der Waals surface area contributed by atoms with Crippen LogP contribution in [0.3, 0.4) is 0 Å². The van der Waals surface area contributed by atoms with Crippen molar-refractivity contribution in [2.45, 2.75) is 6.92 Å². The molecule has 0 spiro atoms. The van der Waals surface area contributed by atoms with Gasteiger partial charge in [0, 0.05) is 24.0 Å². The van der Waals surface area contributed by atoms with Gasteiger partial charge < -0.3 is 15.5 Å². The fourth-order valence-electron chi connectivity index (χ4n) is 2.24. The van der Waals surface area contributed by atoms with Gasteiger partial charge in [0.05, 0.1) is 16.8 Å². The van der Waals surface area contributed by atoms with E-state index >= 15 is 0 Å². The summed E-state index contributed by atoms with van der Waals surface area (Å²) in [5.41, 5.74) is 7.98. The zero-order valence-corrected chi connectivity index (χ0v) is 10.9. The minimum atomic E-state index is 0.0198. The van der Waals surface area contributed by atoms with Gasteiger partial charge in [-0.1, -0.05) is 23.4 Å². The number of para-hydroxylation sites is 1. The molecule has 0 amide bonds. The van der Waals surface area contributed by atoms with Crippen LogP contribution < -0.4 is 5.73 Å². The van der Waals surface area contributed by atoms with Crippen LogP contribution in [0, 0.1) is 6.92 Å². The van der Waals surface area contributed by atoms with Gasteiger partial charge in [0.1, 0.15) is 5.82 Å². The number of nitrogens with zero attached hydrogens (tertiary/aromatic N) is 4. The average Bonchev–Trinajstić information content (AvgIpc) is 2.91. The molecule has 0 aliphatic rings. The zero-order valence-electron chi connectivity index (χ0n) is 10.9. The molecule has 2 aromatic heterocycles. The predicted molar refractivity (Wildman–Crippen MR) is 76.1 cm³/mol. The van der Waals surface area contributed by atoms with Gasteiger partial charge in [-0.05, 0) is 13.0 Å². The Hall–Kier alpha value is -2.89. The normalized spacial score (nSPS) is 11.9. The van der Waals surface area contributed by atoms with Gasteiger partial charge in [0.2, 0.25) is 0 Å². The molecule has 1 aromatic carbocycles. The summed E-state index contributed by atoms with van der Waals surface area (Å²) in [4.78, 5) is 8.57. The van der Waals surface area contributed by atoms with Gasteiger partial charge >= 0.3 is 0 Å². The lowest BCUT2D eigenvalue weighted by Crippen LogP contribution is -2.17. The molecule has 100 valence electrons. The number of aryl methyl sites for hydroxylation is 1. The van der Waals surface area contributed by atoms with E-state index < -0.39 is 0 Å². The Labute approximate surface area is 115 Å². The summed E-state index contributed by atoms with van der Waals surface area (Å²) in [5.74, 6) is 0.833. The summed E-state index contributed by atoms with van der Waals surface area (Å²) in [5, 5.41) is 13.0. The third kappa shape index (κ3) is 1.78. The molecule has 3 aromatic rings. The fraction of sp³-hybridized carbons (Fsp3) is 0.0714. The zero-order chi connectivity index (χ0) is 14.1. The Bertz CT molecular complexity index is 806. The second-order valence-corrected chi connectivity index (χ2v) is 4.37. The Kier molecular flexibility index (Phi) is 2.83. The summed E-state index contributed by atoms with van der Waals surface area (Å²) in [6.07, 6.45) is 5.15. The topological polar surface area (TPSA) is 89.3 Å². The van der Waals surface area contributed by atoms with E-state index in [0.29, 0.717) is 5.56 Å². The van der Waals surface area contributed by atoms with Crippen LogP contribution in [0.25, 0.3) is 16.6 Å². The van der Waals surface area contributed by atoms with E-state index in [-0.39, 0.29) is 5.84 Å². The molecular formula is C14H13N5O. The van der Waals surface area contributed by atoms with E-state index in [9.17, 15) is 0 Å². The molecule has 3 N–H and O–H groups in total. The average molecular weight is 267 g/mol. The lowest BCUT2D eigenvalue weighted by Gasteiger charge is -2.13. The summed E-state index contributed by atoms with van der Waals surface area (Å²) in [6.45, 7) is 1.89. The SMILES string of the molecule is Cc1nccn1-c1c(/C(N)=N/O)cnc2ccccc12. The first-order chi connectivity index (χ1) is 9.72. The number of pyridine rings is 1. The van der Waals surface area contributed by atoms with E-state index in [1.54, 1.807) is 12.4 Å². The summed E-state index contributed by atoms with van der Waals surface area (Å²) in [7, 11) is 0. The summed E-state index contributed by atoms with van der Waals surface area (Å²) in [6, 6.07) is 7.71. The highest BCUT2D eigenvalue weighted by Crippen LogP contribution is 2.25. The lowest BCUT2D eigenvalue weighted by molar-refractivity contribution is 0.318. The molecule has 0 radical (unpaired) electrons. The third-order valence-electron chi connectivity index (χ3n) is 3.20. The Balaban J connectivity index is 2.44. The third-order valence-corrected chi connectivity index (χ3v) is 3.20. The van der Waals surface area contributed by atoms with Crippen LogP contribution in [0.15, 0.2) is 48.0 Å². The molecule has 0 saturated heterocycles. The monoisotopic (exact) mass is 267 g/mol. The van der Waals surface area contributed by atoms with Crippen molar-refractivity contribution < 1.29 is 5.21 Å². The molecule has 0 saturated carbocycles. The standard InChI is InChI=1S/C14H13N5O/c1-9-16-6-7-19(9)13-10-4-2-3-5-12(10)17-8-11(13)14(15)18-20/h2-8,20H,1H3,(H2,15,18). The van der Waals surface area contributed by atoms with Gasteiger partial charge in [-0.3, -0.25) is 4.98 Å². The van der Waals surface area contributed by atoms with Crippen molar-refractivity contribution in [1.29, 1.82) is 0 Å². The van der Waals surface area contributed by atoms with E-state index in [0.717, 1.165) is 22.4 Å². The molecule has 0 atom stereocenters. The predicted octanol–water partition coefficient (Wildman–Crippen LogP) is 1.82. The van der Waals surface area contributed by atoms with E-state index in [1.807, 2.05) is 42.0 Å². The second-order valence-electron chi connectivity index (χ2n) is 4.37. The molecule has 0 fully saturated rings. The van der Waals surface area contributed by atoms with Crippen molar-refractivity contribution in [3.8, 4) is 5.69 Å². The van der Waals surface area contributed by atoms with Crippen molar-refractivity contribution in [2.24, 2.45) is 10.9 Å². The minimum absolute atomic E-state index is 0.0198. The molecule has 0 bridgehead atoms. The Morgan fingerprint density at radius 1 is 1.30 bits per heavy atom. The first kappa shape index (κ1) is 12.2. The minimum Gasteiger partial charge on any atom is -0.409 e. The van der Waals surface area contributed by atoms with Crippen molar-refractivity contribution in [1.82, 2.24) is 14.5 Å². The number of hydrogen-bond donors (Lipinski definition) is 2. The van der Waals surface area contributed by atoms with Gasteiger partial charge in [0.15, 0.2) is 5.84 Å². The quantitative estimate of drug-likeness (QED) is 0.321. The molecule has 0 unspecified atom stereocenters. The highest BCUT2D eigenvalue weighted by Gasteiger charge is 2.15. The molecule has 2 heterocycles. The number of fused-ring (bicyclic) bond motifs is 1. The number of rotatable bonds is 2.